The maximum atomic E-state index is 12.3. The monoisotopic (exact) mass is 517 g/mol. The average molecular weight is 518 g/mol. The van der Waals surface area contributed by atoms with Crippen LogP contribution in [-0.2, 0) is 24.2 Å². The highest BCUT2D eigenvalue weighted by atomic mass is 35.5. The third-order valence-corrected chi connectivity index (χ3v) is 6.74. The molecule has 0 radical (unpaired) electrons. The topological polar surface area (TPSA) is 56.1 Å². The van der Waals surface area contributed by atoms with Gasteiger partial charge < -0.3 is 14.6 Å². The number of benzene rings is 3. The van der Waals surface area contributed by atoms with E-state index in [0.29, 0.717) is 30.5 Å². The second kappa shape index (κ2) is 12.8. The van der Waals surface area contributed by atoms with Crippen LogP contribution in [0.5, 0.6) is 5.75 Å². The van der Waals surface area contributed by atoms with Gasteiger partial charge in [-0.3, -0.25) is 4.79 Å². The van der Waals surface area contributed by atoms with E-state index in [9.17, 15) is 4.79 Å². The highest BCUT2D eigenvalue weighted by molar-refractivity contribution is 6.30. The van der Waals surface area contributed by atoms with Crippen molar-refractivity contribution < 1.29 is 9.53 Å². The molecule has 6 heteroatoms. The van der Waals surface area contributed by atoms with Crippen LogP contribution in [-0.4, -0.2) is 28.6 Å². The summed E-state index contributed by atoms with van der Waals surface area (Å²) in [5.74, 6) is 2.47. The number of carbonyl (C=O) groups excluding carboxylic acids is 1. The molecule has 194 valence electrons. The zero-order chi connectivity index (χ0) is 26.2. The zero-order valence-corrected chi connectivity index (χ0v) is 22.7. The lowest BCUT2D eigenvalue weighted by Crippen LogP contribution is -2.26. The number of rotatable bonds is 12. The standard InChI is InChI=1S/C31H36ClN3O2/c1-22(2)26-16-11-23(3)20-29(26)37-19-7-18-35-28-9-5-4-8-27(28)34-30(35)10-6-17-33-31(36)21-24-12-14-25(32)15-13-24/h4-5,8-9,11-16,20,22H,6-7,10,17-19,21H2,1-3H3,(H,33,36). The van der Waals surface area contributed by atoms with E-state index in [-0.39, 0.29) is 5.91 Å². The van der Waals surface area contributed by atoms with Crippen molar-refractivity contribution in [3.63, 3.8) is 0 Å². The Morgan fingerprint density at radius 3 is 2.62 bits per heavy atom. The fraction of sp³-hybridized carbons (Fsp3) is 0.355. The lowest BCUT2D eigenvalue weighted by Gasteiger charge is -2.15. The summed E-state index contributed by atoms with van der Waals surface area (Å²) in [5.41, 5.74) is 5.56. The second-order valence-corrected chi connectivity index (χ2v) is 10.3. The molecule has 0 bridgehead atoms. The Morgan fingerprint density at radius 1 is 1.05 bits per heavy atom. The minimum atomic E-state index is 0.0184. The molecular formula is C31H36ClN3O2. The number of carbonyl (C=O) groups is 1. The van der Waals surface area contributed by atoms with Gasteiger partial charge in [-0.2, -0.15) is 0 Å². The molecule has 0 saturated carbocycles. The first-order valence-electron chi connectivity index (χ1n) is 13.1. The van der Waals surface area contributed by atoms with Crippen molar-refractivity contribution in [2.24, 2.45) is 0 Å². The summed E-state index contributed by atoms with van der Waals surface area (Å²) in [5, 5.41) is 3.70. The molecule has 0 saturated heterocycles. The van der Waals surface area contributed by atoms with Gasteiger partial charge in [0.1, 0.15) is 11.6 Å². The molecule has 1 aromatic heterocycles. The van der Waals surface area contributed by atoms with Crippen LogP contribution in [0.3, 0.4) is 0 Å². The normalized spacial score (nSPS) is 11.3. The van der Waals surface area contributed by atoms with Crippen molar-refractivity contribution in [2.75, 3.05) is 13.2 Å². The van der Waals surface area contributed by atoms with E-state index in [1.54, 1.807) is 0 Å². The van der Waals surface area contributed by atoms with Gasteiger partial charge in [0.05, 0.1) is 24.1 Å². The van der Waals surface area contributed by atoms with E-state index in [1.165, 1.54) is 11.1 Å². The SMILES string of the molecule is Cc1ccc(C(C)C)c(OCCCn2c(CCCNC(=O)Cc3ccc(Cl)cc3)nc3ccccc32)c1. The molecule has 0 spiro atoms. The van der Waals surface area contributed by atoms with Crippen LogP contribution < -0.4 is 10.1 Å². The fourth-order valence-corrected chi connectivity index (χ4v) is 4.66. The first-order valence-corrected chi connectivity index (χ1v) is 13.5. The summed E-state index contributed by atoms with van der Waals surface area (Å²) in [6.45, 7) is 8.59. The molecule has 0 fully saturated rings. The van der Waals surface area contributed by atoms with Crippen molar-refractivity contribution in [3.8, 4) is 5.75 Å². The number of imidazole rings is 1. The van der Waals surface area contributed by atoms with Gasteiger partial charge in [-0.1, -0.05) is 61.8 Å². The summed E-state index contributed by atoms with van der Waals surface area (Å²) in [6, 6.07) is 22.1. The summed E-state index contributed by atoms with van der Waals surface area (Å²) in [6.07, 6.45) is 2.87. The van der Waals surface area contributed by atoms with Crippen LogP contribution in [0, 0.1) is 6.92 Å². The molecule has 3 aromatic carbocycles. The number of amides is 1. The minimum Gasteiger partial charge on any atom is -0.493 e. The predicted octanol–water partition coefficient (Wildman–Crippen LogP) is 6.88. The third kappa shape index (κ3) is 7.36. The van der Waals surface area contributed by atoms with Gasteiger partial charge >= 0.3 is 0 Å². The minimum absolute atomic E-state index is 0.0184. The lowest BCUT2D eigenvalue weighted by atomic mass is 10.0. The Labute approximate surface area is 224 Å². The number of aryl methyl sites for hydroxylation is 3. The van der Waals surface area contributed by atoms with Gasteiger partial charge in [0.15, 0.2) is 0 Å². The van der Waals surface area contributed by atoms with Crippen LogP contribution in [0.2, 0.25) is 5.02 Å². The van der Waals surface area contributed by atoms with E-state index in [0.717, 1.165) is 54.0 Å². The van der Waals surface area contributed by atoms with Crippen molar-refractivity contribution in [1.82, 2.24) is 14.9 Å². The third-order valence-electron chi connectivity index (χ3n) is 6.49. The van der Waals surface area contributed by atoms with Crippen molar-refractivity contribution in [2.45, 2.75) is 58.9 Å². The van der Waals surface area contributed by atoms with Gasteiger partial charge in [-0.25, -0.2) is 4.98 Å². The molecule has 0 atom stereocenters. The Balaban J connectivity index is 1.31. The number of para-hydroxylation sites is 2. The van der Waals surface area contributed by atoms with Crippen LogP contribution in [0.1, 0.15) is 55.1 Å². The average Bonchev–Trinajstić information content (AvgIpc) is 3.23. The summed E-state index contributed by atoms with van der Waals surface area (Å²) < 4.78 is 8.52. The largest absolute Gasteiger partial charge is 0.493 e. The fourth-order valence-electron chi connectivity index (χ4n) is 4.54. The molecule has 37 heavy (non-hydrogen) atoms. The number of hydrogen-bond acceptors (Lipinski definition) is 3. The first-order chi connectivity index (χ1) is 17.9. The van der Waals surface area contributed by atoms with Crippen LogP contribution in [0.25, 0.3) is 11.0 Å². The van der Waals surface area contributed by atoms with Gasteiger partial charge in [-0.05, 0) is 72.7 Å². The Hall–Kier alpha value is -3.31. The summed E-state index contributed by atoms with van der Waals surface area (Å²) in [7, 11) is 0. The Morgan fingerprint density at radius 2 is 1.84 bits per heavy atom. The number of fused-ring (bicyclic) bond motifs is 1. The molecular weight excluding hydrogens is 482 g/mol. The maximum Gasteiger partial charge on any atom is 0.224 e. The molecule has 0 unspecified atom stereocenters. The number of halogens is 1. The summed E-state index contributed by atoms with van der Waals surface area (Å²) >= 11 is 5.93. The van der Waals surface area contributed by atoms with Crippen LogP contribution >= 0.6 is 11.6 Å². The Bertz CT molecular complexity index is 1330. The Kier molecular flexibility index (Phi) is 9.24. The number of nitrogens with zero attached hydrogens (tertiary/aromatic N) is 2. The number of aromatic nitrogens is 2. The number of nitrogens with one attached hydrogen (secondary N) is 1. The lowest BCUT2D eigenvalue weighted by molar-refractivity contribution is -0.120. The molecule has 0 aliphatic rings. The van der Waals surface area contributed by atoms with Crippen molar-refractivity contribution >= 4 is 28.5 Å². The zero-order valence-electron chi connectivity index (χ0n) is 22.0. The van der Waals surface area contributed by atoms with Crippen molar-refractivity contribution in [1.29, 1.82) is 0 Å². The molecule has 0 aliphatic carbocycles. The molecule has 4 rings (SSSR count). The van der Waals surface area contributed by atoms with Crippen molar-refractivity contribution in [3.05, 3.63) is 94.3 Å². The second-order valence-electron chi connectivity index (χ2n) is 9.82. The number of ether oxygens (including phenoxy) is 1. The van der Waals surface area contributed by atoms with Crippen LogP contribution in [0.4, 0.5) is 0 Å². The van der Waals surface area contributed by atoms with E-state index < -0.39 is 0 Å². The first kappa shape index (κ1) is 26.7. The predicted molar refractivity (Wildman–Crippen MR) is 152 cm³/mol. The maximum absolute atomic E-state index is 12.3. The molecule has 5 nitrogen and oxygen atoms in total. The van der Waals surface area contributed by atoms with Gasteiger partial charge in [0, 0.05) is 24.5 Å². The number of hydrogen-bond donors (Lipinski definition) is 1. The molecule has 1 N–H and O–H groups in total. The highest BCUT2D eigenvalue weighted by Crippen LogP contribution is 2.27. The van der Waals surface area contributed by atoms with Gasteiger partial charge in [0.2, 0.25) is 5.91 Å². The molecule has 0 aliphatic heterocycles. The van der Waals surface area contributed by atoms with Gasteiger partial charge in [0.25, 0.3) is 0 Å². The highest BCUT2D eigenvalue weighted by Gasteiger charge is 2.12. The quantitative estimate of drug-likeness (QED) is 0.208. The van der Waals surface area contributed by atoms with E-state index in [2.05, 4.69) is 67.1 Å². The molecule has 4 aromatic rings. The van der Waals surface area contributed by atoms with Crippen LogP contribution in [0.15, 0.2) is 66.7 Å². The smallest absolute Gasteiger partial charge is 0.224 e. The van der Waals surface area contributed by atoms with E-state index in [1.807, 2.05) is 30.3 Å². The molecule has 1 heterocycles. The molecule has 1 amide bonds. The van der Waals surface area contributed by atoms with E-state index in [4.69, 9.17) is 21.3 Å². The summed E-state index contributed by atoms with van der Waals surface area (Å²) in [4.78, 5) is 17.2. The van der Waals surface area contributed by atoms with E-state index >= 15 is 0 Å². The van der Waals surface area contributed by atoms with Gasteiger partial charge in [-0.15, -0.1) is 0 Å².